The van der Waals surface area contributed by atoms with Gasteiger partial charge in [0.1, 0.15) is 0 Å². The third-order valence-corrected chi connectivity index (χ3v) is 10.1. The molecule has 0 amide bonds. The van der Waals surface area contributed by atoms with Gasteiger partial charge in [-0.2, -0.15) is 0 Å². The summed E-state index contributed by atoms with van der Waals surface area (Å²) in [6.07, 6.45) is 10.8. The van der Waals surface area contributed by atoms with E-state index >= 15 is 0 Å². The summed E-state index contributed by atoms with van der Waals surface area (Å²) < 4.78 is 11.4. The maximum absolute atomic E-state index is 12.7. The molecule has 7 nitrogen and oxygen atoms in total. The van der Waals surface area contributed by atoms with Gasteiger partial charge in [-0.1, -0.05) is 25.7 Å². The Labute approximate surface area is 301 Å². The van der Waals surface area contributed by atoms with Crippen molar-refractivity contribution in [1.29, 1.82) is 0 Å². The minimum Gasteiger partial charge on any atom is -0.434 e. The van der Waals surface area contributed by atoms with E-state index in [9.17, 15) is 4.79 Å². The maximum Gasteiger partial charge on any atom is 0.508 e. The van der Waals surface area contributed by atoms with Gasteiger partial charge in [0.05, 0.1) is 13.2 Å². The van der Waals surface area contributed by atoms with Crippen LogP contribution in [0.3, 0.4) is 0 Å². The first-order valence-corrected chi connectivity index (χ1v) is 20.3. The second kappa shape index (κ2) is 26.0. The van der Waals surface area contributed by atoms with E-state index in [0.29, 0.717) is 73.6 Å². The van der Waals surface area contributed by atoms with Crippen molar-refractivity contribution in [1.82, 2.24) is 19.6 Å². The molecule has 2 unspecified atom stereocenters. The molecule has 0 N–H and O–H groups in total. The first kappa shape index (κ1) is 47.1. The predicted molar refractivity (Wildman–Crippen MR) is 209 cm³/mol. The van der Waals surface area contributed by atoms with Crippen LogP contribution in [-0.4, -0.2) is 112 Å². The zero-order chi connectivity index (χ0) is 37.0. The van der Waals surface area contributed by atoms with Gasteiger partial charge in [-0.15, -0.1) is 0 Å². The molecule has 48 heavy (non-hydrogen) atoms. The third kappa shape index (κ3) is 19.5. The van der Waals surface area contributed by atoms with Crippen LogP contribution in [0.5, 0.6) is 0 Å². The Balaban J connectivity index is 5.00. The lowest BCUT2D eigenvalue weighted by Gasteiger charge is -2.38. The molecule has 0 aliphatic heterocycles. The average molecular weight is 683 g/mol. The Bertz CT molecular complexity index is 690. The van der Waals surface area contributed by atoms with E-state index < -0.39 is 6.16 Å². The molecule has 0 bridgehead atoms. The lowest BCUT2D eigenvalue weighted by molar-refractivity contribution is 0.0275. The molecule has 0 spiro atoms. The van der Waals surface area contributed by atoms with Crippen LogP contribution in [0.25, 0.3) is 0 Å². The average Bonchev–Trinajstić information content (AvgIpc) is 2.94. The number of carbonyl (C=O) groups is 1. The van der Waals surface area contributed by atoms with Crippen molar-refractivity contribution in [3.8, 4) is 0 Å². The van der Waals surface area contributed by atoms with Gasteiger partial charge in [0.15, 0.2) is 0 Å². The molecule has 0 aromatic heterocycles. The summed E-state index contributed by atoms with van der Waals surface area (Å²) in [6.45, 7) is 39.8. The molecule has 2 atom stereocenters. The molecule has 0 saturated carbocycles. The molecule has 0 saturated heterocycles. The van der Waals surface area contributed by atoms with Crippen molar-refractivity contribution >= 4 is 6.16 Å². The van der Waals surface area contributed by atoms with Gasteiger partial charge in [0.2, 0.25) is 0 Å². The molecule has 0 aromatic rings. The number of hydrogen-bond donors (Lipinski definition) is 0. The fourth-order valence-electron chi connectivity index (χ4n) is 8.29. The van der Waals surface area contributed by atoms with Crippen molar-refractivity contribution in [2.75, 3.05) is 26.3 Å². The maximum atomic E-state index is 12.7. The Hall–Kier alpha value is -0.890. The van der Waals surface area contributed by atoms with E-state index in [4.69, 9.17) is 9.47 Å². The summed E-state index contributed by atoms with van der Waals surface area (Å²) >= 11 is 0. The summed E-state index contributed by atoms with van der Waals surface area (Å²) in [5.74, 6) is 0. The fourth-order valence-corrected chi connectivity index (χ4v) is 8.29. The molecule has 0 rings (SSSR count). The summed E-state index contributed by atoms with van der Waals surface area (Å²) in [5, 5.41) is 0. The largest absolute Gasteiger partial charge is 0.508 e. The highest BCUT2D eigenvalue weighted by Gasteiger charge is 2.26. The number of ether oxygens (including phenoxy) is 2. The van der Waals surface area contributed by atoms with Gasteiger partial charge in [0.25, 0.3) is 0 Å². The van der Waals surface area contributed by atoms with Crippen LogP contribution >= 0.6 is 0 Å². The van der Waals surface area contributed by atoms with Crippen LogP contribution in [0, 0.1) is 0 Å². The van der Waals surface area contributed by atoms with E-state index in [1.807, 2.05) is 0 Å². The fraction of sp³-hybridized carbons (Fsp3) is 0.976. The number of hydrogen-bond acceptors (Lipinski definition) is 7. The number of nitrogens with zero attached hydrogens (tertiary/aromatic N) is 4. The Morgan fingerprint density at radius 1 is 0.396 bits per heavy atom. The van der Waals surface area contributed by atoms with Crippen LogP contribution < -0.4 is 0 Å². The van der Waals surface area contributed by atoms with Gasteiger partial charge >= 0.3 is 6.16 Å². The number of unbranched alkanes of at least 4 members (excludes halogenated alkanes) is 4. The van der Waals surface area contributed by atoms with Crippen molar-refractivity contribution in [3.63, 3.8) is 0 Å². The summed E-state index contributed by atoms with van der Waals surface area (Å²) in [7, 11) is 0. The molecule has 0 radical (unpaired) electrons. The predicted octanol–water partition coefficient (Wildman–Crippen LogP) is 10.3. The molecule has 0 aliphatic rings. The SMILES string of the molecule is CC(C)N(CCCCCC(CCOC(=O)OCCC(CCCCCN(C(C)C)C(C)C)N(C(C)C)C(C)C)N(C(C)C)C(C)C)C(C)C. The van der Waals surface area contributed by atoms with E-state index in [0.717, 1.165) is 38.8 Å². The number of rotatable bonds is 28. The van der Waals surface area contributed by atoms with Gasteiger partial charge in [-0.25, -0.2) is 4.79 Å². The van der Waals surface area contributed by atoms with Crippen LogP contribution in [-0.2, 0) is 9.47 Å². The van der Waals surface area contributed by atoms with Crippen molar-refractivity contribution in [2.24, 2.45) is 0 Å². The summed E-state index contributed by atoms with van der Waals surface area (Å²) in [5.41, 5.74) is 0. The van der Waals surface area contributed by atoms with Crippen LogP contribution in [0.1, 0.15) is 175 Å². The monoisotopic (exact) mass is 683 g/mol. The Morgan fingerprint density at radius 3 is 0.938 bits per heavy atom. The first-order chi connectivity index (χ1) is 22.4. The van der Waals surface area contributed by atoms with E-state index in [-0.39, 0.29) is 0 Å². The zero-order valence-corrected chi connectivity index (χ0v) is 35.2. The third-order valence-electron chi connectivity index (χ3n) is 10.1. The van der Waals surface area contributed by atoms with Gasteiger partial charge < -0.3 is 9.47 Å². The van der Waals surface area contributed by atoms with Gasteiger partial charge in [0, 0.05) is 60.4 Å². The van der Waals surface area contributed by atoms with E-state index in [1.165, 1.54) is 38.5 Å². The highest BCUT2D eigenvalue weighted by Crippen LogP contribution is 2.22. The van der Waals surface area contributed by atoms with Crippen molar-refractivity contribution in [3.05, 3.63) is 0 Å². The molecular weight excluding hydrogens is 596 g/mol. The molecule has 0 aliphatic carbocycles. The van der Waals surface area contributed by atoms with Crippen molar-refractivity contribution < 1.29 is 14.3 Å². The molecule has 7 heteroatoms. The summed E-state index contributed by atoms with van der Waals surface area (Å²) in [6, 6.07) is 4.93. The minimum absolute atomic E-state index is 0.396. The summed E-state index contributed by atoms with van der Waals surface area (Å²) in [4.78, 5) is 23.1. The van der Waals surface area contributed by atoms with Crippen LogP contribution in [0.15, 0.2) is 0 Å². The molecule has 0 fully saturated rings. The van der Waals surface area contributed by atoms with Crippen LogP contribution in [0.4, 0.5) is 4.79 Å². The topological polar surface area (TPSA) is 48.5 Å². The van der Waals surface area contributed by atoms with E-state index in [1.54, 1.807) is 0 Å². The smallest absolute Gasteiger partial charge is 0.434 e. The highest BCUT2D eigenvalue weighted by molar-refractivity contribution is 5.59. The quantitative estimate of drug-likeness (QED) is 0.0601. The lowest BCUT2D eigenvalue weighted by atomic mass is 10.0. The lowest BCUT2D eigenvalue weighted by Crippen LogP contribution is -2.46. The number of carbonyl (C=O) groups excluding carboxylic acids is 1. The standard InChI is InChI=1S/C41H86N4O3/c1-31(2)42(32(3)4)27-21-17-19-23-39(44(35(9)10)36(11)12)25-29-47-41(46)48-30-26-40(45(37(13)14)38(15)16)24-20-18-22-28-43(33(5)6)34(7)8/h31-40H,17-30H2,1-16H3. The van der Waals surface area contributed by atoms with Gasteiger partial charge in [-0.05, 0) is 162 Å². The van der Waals surface area contributed by atoms with E-state index in [2.05, 4.69) is 130 Å². The zero-order valence-electron chi connectivity index (χ0n) is 35.2. The normalized spacial score (nSPS) is 14.2. The first-order valence-electron chi connectivity index (χ1n) is 20.3. The molecule has 0 aromatic carbocycles. The second-order valence-electron chi connectivity index (χ2n) is 16.7. The highest BCUT2D eigenvalue weighted by atomic mass is 16.7. The van der Waals surface area contributed by atoms with Crippen molar-refractivity contribution in [2.45, 2.75) is 235 Å². The van der Waals surface area contributed by atoms with Crippen LogP contribution in [0.2, 0.25) is 0 Å². The Morgan fingerprint density at radius 2 is 0.688 bits per heavy atom. The molecule has 288 valence electrons. The van der Waals surface area contributed by atoms with Gasteiger partial charge in [-0.3, -0.25) is 19.6 Å². The minimum atomic E-state index is -0.515. The second-order valence-corrected chi connectivity index (χ2v) is 16.7. The molecule has 0 heterocycles. The molecular formula is C41H86N4O3. The Kier molecular flexibility index (Phi) is 25.5.